The summed E-state index contributed by atoms with van der Waals surface area (Å²) in [7, 11) is 0. The number of carbonyl (C=O) groups is 2. The Hall–Kier alpha value is -0.970. The molecule has 1 atom stereocenters. The number of piperidine rings is 1. The van der Waals surface area contributed by atoms with Crippen molar-refractivity contribution in [3.8, 4) is 0 Å². The fourth-order valence-electron chi connectivity index (χ4n) is 2.64. The number of alkyl halides is 1. The minimum Gasteiger partial charge on any atom is -0.444 e. The Morgan fingerprint density at radius 1 is 1.32 bits per heavy atom. The van der Waals surface area contributed by atoms with Crippen LogP contribution in [0, 0.1) is 0 Å². The van der Waals surface area contributed by atoms with Gasteiger partial charge in [-0.05, 0) is 53.9 Å². The summed E-state index contributed by atoms with van der Waals surface area (Å²) >= 11 is 5.70. The normalized spacial score (nSPS) is 19.2. The SMILES string of the molecule is CC(C)N(C[C@H]1CCCCN1C(=O)CCl)C(=O)OC(C)(C)C. The molecule has 128 valence electrons. The number of likely N-dealkylation sites (tertiary alicyclic amines) is 1. The predicted molar refractivity (Wildman–Crippen MR) is 88.1 cm³/mol. The zero-order chi connectivity index (χ0) is 16.9. The molecule has 1 rings (SSSR count). The van der Waals surface area contributed by atoms with Crippen molar-refractivity contribution in [2.24, 2.45) is 0 Å². The number of ether oxygens (including phenoxy) is 1. The summed E-state index contributed by atoms with van der Waals surface area (Å²) in [5.74, 6) is -0.0655. The topological polar surface area (TPSA) is 49.9 Å². The van der Waals surface area contributed by atoms with Crippen LogP contribution >= 0.6 is 11.6 Å². The number of carbonyl (C=O) groups excluding carboxylic acids is 2. The van der Waals surface area contributed by atoms with Crippen molar-refractivity contribution in [3.63, 3.8) is 0 Å². The Balaban J connectivity index is 2.80. The summed E-state index contributed by atoms with van der Waals surface area (Å²) in [6.45, 7) is 10.7. The number of nitrogens with zero attached hydrogens (tertiary/aromatic N) is 2. The molecular formula is C16H29ClN2O3. The summed E-state index contributed by atoms with van der Waals surface area (Å²) in [6.07, 6.45) is 2.63. The smallest absolute Gasteiger partial charge is 0.410 e. The molecule has 0 unspecified atom stereocenters. The van der Waals surface area contributed by atoms with Gasteiger partial charge in [0.1, 0.15) is 11.5 Å². The Bertz CT molecular complexity index is 393. The van der Waals surface area contributed by atoms with E-state index in [9.17, 15) is 9.59 Å². The van der Waals surface area contributed by atoms with E-state index in [1.165, 1.54) is 0 Å². The lowest BCUT2D eigenvalue weighted by atomic mass is 10.0. The fourth-order valence-corrected chi connectivity index (χ4v) is 2.79. The van der Waals surface area contributed by atoms with Crippen LogP contribution in [-0.2, 0) is 9.53 Å². The summed E-state index contributed by atoms with van der Waals surface area (Å²) < 4.78 is 5.48. The maximum absolute atomic E-state index is 12.4. The van der Waals surface area contributed by atoms with E-state index in [-0.39, 0.29) is 30.0 Å². The first kappa shape index (κ1) is 19.1. The van der Waals surface area contributed by atoms with Gasteiger partial charge in [-0.1, -0.05) is 0 Å². The summed E-state index contributed by atoms with van der Waals surface area (Å²) in [4.78, 5) is 27.9. The minimum absolute atomic E-state index is 0.00931. The molecule has 6 heteroatoms. The molecule has 0 N–H and O–H groups in total. The maximum Gasteiger partial charge on any atom is 0.410 e. The predicted octanol–water partition coefficient (Wildman–Crippen LogP) is 3.25. The molecule has 1 saturated heterocycles. The molecule has 0 aliphatic carbocycles. The molecule has 2 amide bonds. The van der Waals surface area contributed by atoms with Crippen LogP contribution < -0.4 is 0 Å². The van der Waals surface area contributed by atoms with Gasteiger partial charge < -0.3 is 14.5 Å². The number of amides is 2. The first-order chi connectivity index (χ1) is 10.2. The summed E-state index contributed by atoms with van der Waals surface area (Å²) in [6, 6.07) is 0.0413. The van der Waals surface area contributed by atoms with E-state index in [2.05, 4.69) is 0 Å². The first-order valence-corrected chi connectivity index (χ1v) is 8.54. The van der Waals surface area contributed by atoms with Gasteiger partial charge in [0.25, 0.3) is 0 Å². The fraction of sp³-hybridized carbons (Fsp3) is 0.875. The second-order valence-electron chi connectivity index (χ2n) is 7.10. The van der Waals surface area contributed by atoms with E-state index in [0.717, 1.165) is 25.8 Å². The molecule has 0 aromatic heterocycles. The van der Waals surface area contributed by atoms with Crippen LogP contribution in [0.2, 0.25) is 0 Å². The molecule has 0 aromatic carbocycles. The lowest BCUT2D eigenvalue weighted by molar-refractivity contribution is -0.132. The van der Waals surface area contributed by atoms with Crippen LogP contribution in [0.25, 0.3) is 0 Å². The Morgan fingerprint density at radius 2 is 1.95 bits per heavy atom. The molecule has 1 aliphatic rings. The van der Waals surface area contributed by atoms with Crippen molar-refractivity contribution in [1.82, 2.24) is 9.80 Å². The molecule has 0 radical (unpaired) electrons. The van der Waals surface area contributed by atoms with E-state index in [0.29, 0.717) is 6.54 Å². The Kier molecular flexibility index (Phi) is 6.98. The highest BCUT2D eigenvalue weighted by molar-refractivity contribution is 6.27. The van der Waals surface area contributed by atoms with E-state index in [4.69, 9.17) is 16.3 Å². The lowest BCUT2D eigenvalue weighted by Crippen LogP contribution is -2.53. The van der Waals surface area contributed by atoms with Crippen molar-refractivity contribution in [1.29, 1.82) is 0 Å². The van der Waals surface area contributed by atoms with Gasteiger partial charge >= 0.3 is 6.09 Å². The highest BCUT2D eigenvalue weighted by atomic mass is 35.5. The van der Waals surface area contributed by atoms with E-state index >= 15 is 0 Å². The second-order valence-corrected chi connectivity index (χ2v) is 7.36. The van der Waals surface area contributed by atoms with Crippen molar-refractivity contribution in [2.75, 3.05) is 19.0 Å². The van der Waals surface area contributed by atoms with Crippen LogP contribution in [0.5, 0.6) is 0 Å². The third-order valence-corrected chi connectivity index (χ3v) is 3.95. The average molecular weight is 333 g/mol. The third kappa shape index (κ3) is 5.67. The van der Waals surface area contributed by atoms with E-state index in [1.54, 1.807) is 4.90 Å². The number of hydrogen-bond donors (Lipinski definition) is 0. The molecule has 0 spiro atoms. The third-order valence-electron chi connectivity index (χ3n) is 3.72. The molecule has 1 heterocycles. The average Bonchev–Trinajstić information content (AvgIpc) is 2.41. The highest BCUT2D eigenvalue weighted by Crippen LogP contribution is 2.21. The van der Waals surface area contributed by atoms with Gasteiger partial charge in [0.05, 0.1) is 0 Å². The van der Waals surface area contributed by atoms with Gasteiger partial charge in [-0.25, -0.2) is 4.79 Å². The van der Waals surface area contributed by atoms with Crippen LogP contribution in [0.3, 0.4) is 0 Å². The molecule has 0 bridgehead atoms. The van der Waals surface area contributed by atoms with Crippen LogP contribution in [0.15, 0.2) is 0 Å². The second kappa shape index (κ2) is 8.04. The van der Waals surface area contributed by atoms with Crippen LogP contribution in [-0.4, -0.2) is 58.5 Å². The number of halogens is 1. The standard InChI is InChI=1S/C16H29ClN2O3/c1-12(2)19(15(21)22-16(3,4)5)11-13-8-6-7-9-18(13)14(20)10-17/h12-13H,6-11H2,1-5H3/t13-/m1/s1. The van der Waals surface area contributed by atoms with Crippen LogP contribution in [0.1, 0.15) is 53.9 Å². The molecule has 0 saturated carbocycles. The van der Waals surface area contributed by atoms with E-state index < -0.39 is 5.60 Å². The van der Waals surface area contributed by atoms with Crippen molar-refractivity contribution < 1.29 is 14.3 Å². The molecule has 0 aromatic rings. The lowest BCUT2D eigenvalue weighted by Gasteiger charge is -2.40. The number of hydrogen-bond acceptors (Lipinski definition) is 3. The molecule has 22 heavy (non-hydrogen) atoms. The highest BCUT2D eigenvalue weighted by Gasteiger charge is 2.32. The number of rotatable bonds is 4. The van der Waals surface area contributed by atoms with Crippen molar-refractivity contribution in [2.45, 2.75) is 71.6 Å². The first-order valence-electron chi connectivity index (χ1n) is 8.00. The minimum atomic E-state index is -0.525. The van der Waals surface area contributed by atoms with Crippen molar-refractivity contribution >= 4 is 23.6 Å². The van der Waals surface area contributed by atoms with Crippen LogP contribution in [0.4, 0.5) is 4.79 Å². The molecule has 5 nitrogen and oxygen atoms in total. The maximum atomic E-state index is 12.4. The van der Waals surface area contributed by atoms with Gasteiger partial charge in [0, 0.05) is 25.2 Å². The van der Waals surface area contributed by atoms with Gasteiger partial charge in [-0.15, -0.1) is 11.6 Å². The zero-order valence-electron chi connectivity index (χ0n) is 14.4. The van der Waals surface area contributed by atoms with Gasteiger partial charge in [-0.3, -0.25) is 4.79 Å². The monoisotopic (exact) mass is 332 g/mol. The molecular weight excluding hydrogens is 304 g/mol. The van der Waals surface area contributed by atoms with Gasteiger partial charge in [0.15, 0.2) is 0 Å². The molecule has 1 aliphatic heterocycles. The molecule has 1 fully saturated rings. The van der Waals surface area contributed by atoms with Gasteiger partial charge in [0.2, 0.25) is 5.91 Å². The summed E-state index contributed by atoms with van der Waals surface area (Å²) in [5, 5.41) is 0. The largest absolute Gasteiger partial charge is 0.444 e. The van der Waals surface area contributed by atoms with Crippen molar-refractivity contribution in [3.05, 3.63) is 0 Å². The quantitative estimate of drug-likeness (QED) is 0.742. The Labute approximate surface area is 138 Å². The van der Waals surface area contributed by atoms with Gasteiger partial charge in [-0.2, -0.15) is 0 Å². The summed E-state index contributed by atoms with van der Waals surface area (Å²) in [5.41, 5.74) is -0.525. The zero-order valence-corrected chi connectivity index (χ0v) is 15.2. The van der Waals surface area contributed by atoms with E-state index in [1.807, 2.05) is 39.5 Å². The Morgan fingerprint density at radius 3 is 2.45 bits per heavy atom.